The molecule has 0 radical (unpaired) electrons. The molecule has 5 heteroatoms. The first-order chi connectivity index (χ1) is 8.29. The molecule has 0 saturated heterocycles. The van der Waals surface area contributed by atoms with Crippen LogP contribution in [0.5, 0.6) is 0 Å². The summed E-state index contributed by atoms with van der Waals surface area (Å²) in [4.78, 5) is 11.9. The van der Waals surface area contributed by atoms with E-state index in [9.17, 15) is 4.79 Å². The van der Waals surface area contributed by atoms with E-state index in [2.05, 4.69) is 5.32 Å². The first-order valence-corrected chi connectivity index (χ1v) is 7.61. The molecular formula is C12H24N2O2S. The summed E-state index contributed by atoms with van der Waals surface area (Å²) in [5.41, 5.74) is 5.66. The fraction of sp³-hybridized carbons (Fsp3) is 0.917. The van der Waals surface area contributed by atoms with E-state index in [-0.39, 0.29) is 18.4 Å². The smallest absolute Gasteiger partial charge is 0.223 e. The number of hydrogen-bond acceptors (Lipinski definition) is 4. The average molecular weight is 260 g/mol. The van der Waals surface area contributed by atoms with Crippen LogP contribution in [-0.4, -0.2) is 42.2 Å². The van der Waals surface area contributed by atoms with Crippen molar-refractivity contribution in [3.8, 4) is 0 Å². The number of rotatable bonds is 8. The Balaban J connectivity index is 2.08. The van der Waals surface area contributed by atoms with Crippen LogP contribution in [-0.2, 0) is 4.79 Å². The van der Waals surface area contributed by atoms with Gasteiger partial charge in [-0.1, -0.05) is 6.42 Å². The van der Waals surface area contributed by atoms with Crippen LogP contribution >= 0.6 is 11.8 Å². The number of hydrogen-bond donors (Lipinski definition) is 3. The van der Waals surface area contributed by atoms with E-state index < -0.39 is 0 Å². The van der Waals surface area contributed by atoms with Gasteiger partial charge in [-0.15, -0.1) is 0 Å². The zero-order chi connectivity index (χ0) is 12.5. The standard InChI is InChI=1S/C12H24N2O2S/c13-9-10-3-1-4-11(10)12(16)14-5-8-17-7-2-6-15/h10-11,15H,1-9,13H2,(H,14,16). The van der Waals surface area contributed by atoms with Crippen molar-refractivity contribution in [2.24, 2.45) is 17.6 Å². The number of aliphatic hydroxyl groups is 1. The van der Waals surface area contributed by atoms with Crippen LogP contribution in [0.25, 0.3) is 0 Å². The monoisotopic (exact) mass is 260 g/mol. The SMILES string of the molecule is NCC1CCCC1C(=O)NCCSCCCO. The van der Waals surface area contributed by atoms with E-state index in [4.69, 9.17) is 10.8 Å². The van der Waals surface area contributed by atoms with Gasteiger partial charge in [-0.05, 0) is 37.5 Å². The molecule has 1 saturated carbocycles. The minimum absolute atomic E-state index is 0.141. The van der Waals surface area contributed by atoms with Crippen molar-refractivity contribution >= 4 is 17.7 Å². The van der Waals surface area contributed by atoms with E-state index in [1.54, 1.807) is 11.8 Å². The highest BCUT2D eigenvalue weighted by molar-refractivity contribution is 7.99. The molecule has 1 aliphatic rings. The maximum atomic E-state index is 11.9. The molecule has 1 fully saturated rings. The van der Waals surface area contributed by atoms with Gasteiger partial charge in [0.15, 0.2) is 0 Å². The lowest BCUT2D eigenvalue weighted by atomic mass is 9.95. The lowest BCUT2D eigenvalue weighted by Crippen LogP contribution is -2.36. The van der Waals surface area contributed by atoms with Crippen LogP contribution in [0.15, 0.2) is 0 Å². The fourth-order valence-corrected chi connectivity index (χ4v) is 3.09. The normalized spacial score (nSPS) is 23.9. The van der Waals surface area contributed by atoms with Crippen LogP contribution in [0.3, 0.4) is 0 Å². The van der Waals surface area contributed by atoms with Gasteiger partial charge < -0.3 is 16.2 Å². The summed E-state index contributed by atoms with van der Waals surface area (Å²) in [5.74, 6) is 2.59. The number of nitrogens with one attached hydrogen (secondary N) is 1. The fourth-order valence-electron chi connectivity index (χ4n) is 2.31. The van der Waals surface area contributed by atoms with Crippen LogP contribution in [0.4, 0.5) is 0 Å². The highest BCUT2D eigenvalue weighted by Gasteiger charge is 2.31. The van der Waals surface area contributed by atoms with Gasteiger partial charge in [0.25, 0.3) is 0 Å². The summed E-state index contributed by atoms with van der Waals surface area (Å²) in [6.45, 7) is 1.60. The number of thioether (sulfide) groups is 1. The molecule has 0 heterocycles. The van der Waals surface area contributed by atoms with Gasteiger partial charge in [-0.25, -0.2) is 0 Å². The molecule has 1 amide bonds. The van der Waals surface area contributed by atoms with Gasteiger partial charge in [-0.2, -0.15) is 11.8 Å². The maximum absolute atomic E-state index is 11.9. The van der Waals surface area contributed by atoms with Crippen LogP contribution in [0.1, 0.15) is 25.7 Å². The maximum Gasteiger partial charge on any atom is 0.223 e. The minimum atomic E-state index is 0.141. The Hall–Kier alpha value is -0.260. The predicted molar refractivity (Wildman–Crippen MR) is 71.9 cm³/mol. The van der Waals surface area contributed by atoms with Crippen LogP contribution in [0.2, 0.25) is 0 Å². The highest BCUT2D eigenvalue weighted by Crippen LogP contribution is 2.30. The Labute approximate surface area is 108 Å². The molecule has 2 atom stereocenters. The third-order valence-electron chi connectivity index (χ3n) is 3.29. The third kappa shape index (κ3) is 5.27. The quantitative estimate of drug-likeness (QED) is 0.559. The largest absolute Gasteiger partial charge is 0.396 e. The third-order valence-corrected chi connectivity index (χ3v) is 4.36. The van der Waals surface area contributed by atoms with E-state index in [0.717, 1.165) is 43.7 Å². The van der Waals surface area contributed by atoms with Crippen molar-refractivity contribution in [3.63, 3.8) is 0 Å². The molecule has 1 aliphatic carbocycles. The van der Waals surface area contributed by atoms with E-state index in [1.807, 2.05) is 0 Å². The summed E-state index contributed by atoms with van der Waals surface area (Å²) in [6, 6.07) is 0. The van der Waals surface area contributed by atoms with Gasteiger partial charge in [0.2, 0.25) is 5.91 Å². The topological polar surface area (TPSA) is 75.4 Å². The second-order valence-corrected chi connectivity index (χ2v) is 5.74. The Morgan fingerprint density at radius 1 is 1.41 bits per heavy atom. The number of carbonyl (C=O) groups is 1. The first kappa shape index (κ1) is 14.8. The Morgan fingerprint density at radius 2 is 2.24 bits per heavy atom. The number of nitrogens with two attached hydrogens (primary N) is 1. The Kier molecular flexibility index (Phi) is 7.64. The molecule has 17 heavy (non-hydrogen) atoms. The molecule has 0 bridgehead atoms. The Morgan fingerprint density at radius 3 is 2.94 bits per heavy atom. The second kappa shape index (κ2) is 8.78. The van der Waals surface area contributed by atoms with Crippen LogP contribution in [0, 0.1) is 11.8 Å². The predicted octanol–water partition coefficient (Wildman–Crippen LogP) is 0.593. The molecule has 4 nitrogen and oxygen atoms in total. The van der Waals surface area contributed by atoms with Crippen molar-refractivity contribution in [3.05, 3.63) is 0 Å². The summed E-state index contributed by atoms with van der Waals surface area (Å²) >= 11 is 1.77. The number of carbonyl (C=O) groups excluding carboxylic acids is 1. The van der Waals surface area contributed by atoms with E-state index >= 15 is 0 Å². The zero-order valence-electron chi connectivity index (χ0n) is 10.4. The lowest BCUT2D eigenvalue weighted by Gasteiger charge is -2.17. The van der Waals surface area contributed by atoms with Gasteiger partial charge in [0.1, 0.15) is 0 Å². The molecule has 0 aromatic rings. The summed E-state index contributed by atoms with van der Waals surface area (Å²) in [6.07, 6.45) is 4.05. The molecule has 2 unspecified atom stereocenters. The van der Waals surface area contributed by atoms with E-state index in [1.165, 1.54) is 0 Å². The van der Waals surface area contributed by atoms with Crippen molar-refractivity contribution in [1.29, 1.82) is 0 Å². The Bertz CT molecular complexity index is 227. The zero-order valence-corrected chi connectivity index (χ0v) is 11.2. The van der Waals surface area contributed by atoms with E-state index in [0.29, 0.717) is 12.5 Å². The molecule has 0 aromatic heterocycles. The second-order valence-electron chi connectivity index (χ2n) is 4.51. The van der Waals surface area contributed by atoms with Crippen molar-refractivity contribution < 1.29 is 9.90 Å². The summed E-state index contributed by atoms with van der Waals surface area (Å²) in [7, 11) is 0. The minimum Gasteiger partial charge on any atom is -0.396 e. The molecular weight excluding hydrogens is 236 g/mol. The molecule has 100 valence electrons. The number of amides is 1. The molecule has 4 N–H and O–H groups in total. The molecule has 1 rings (SSSR count). The van der Waals surface area contributed by atoms with Gasteiger partial charge >= 0.3 is 0 Å². The lowest BCUT2D eigenvalue weighted by molar-refractivity contribution is -0.125. The van der Waals surface area contributed by atoms with Crippen molar-refractivity contribution in [2.75, 3.05) is 31.2 Å². The van der Waals surface area contributed by atoms with Crippen molar-refractivity contribution in [2.45, 2.75) is 25.7 Å². The average Bonchev–Trinajstić information content (AvgIpc) is 2.81. The van der Waals surface area contributed by atoms with Gasteiger partial charge in [-0.3, -0.25) is 4.79 Å². The van der Waals surface area contributed by atoms with Crippen LogP contribution < -0.4 is 11.1 Å². The summed E-state index contributed by atoms with van der Waals surface area (Å²) in [5, 5.41) is 11.6. The number of aliphatic hydroxyl groups excluding tert-OH is 1. The summed E-state index contributed by atoms with van der Waals surface area (Å²) < 4.78 is 0. The highest BCUT2D eigenvalue weighted by atomic mass is 32.2. The van der Waals surface area contributed by atoms with Gasteiger partial charge in [0.05, 0.1) is 0 Å². The van der Waals surface area contributed by atoms with Gasteiger partial charge in [0, 0.05) is 24.8 Å². The molecule has 0 aromatic carbocycles. The molecule has 0 aliphatic heterocycles. The first-order valence-electron chi connectivity index (χ1n) is 6.46. The van der Waals surface area contributed by atoms with Crippen molar-refractivity contribution in [1.82, 2.24) is 5.32 Å². The molecule has 0 spiro atoms.